The summed E-state index contributed by atoms with van der Waals surface area (Å²) < 4.78 is 7.71. The van der Waals surface area contributed by atoms with E-state index in [0.29, 0.717) is 28.6 Å². The number of amides is 1. The van der Waals surface area contributed by atoms with E-state index < -0.39 is 18.5 Å². The molecule has 1 amide bonds. The summed E-state index contributed by atoms with van der Waals surface area (Å²) in [4.78, 5) is 23.2. The van der Waals surface area contributed by atoms with Crippen molar-refractivity contribution in [2.24, 2.45) is 5.73 Å². The molecule has 0 atom stereocenters. The number of rotatable bonds is 6. The number of fused-ring (bicyclic) bond motifs is 3. The average molecular weight is 388 g/mol. The lowest BCUT2D eigenvalue weighted by atomic mass is 10.0. The molecule has 4 rings (SSSR count). The maximum Gasteiger partial charge on any atom is 0.341 e. The Kier molecular flexibility index (Phi) is 4.68. The van der Waals surface area contributed by atoms with E-state index >= 15 is 0 Å². The van der Waals surface area contributed by atoms with Gasteiger partial charge in [-0.2, -0.15) is 0 Å². The van der Waals surface area contributed by atoms with Crippen molar-refractivity contribution >= 4 is 33.7 Å². The van der Waals surface area contributed by atoms with Crippen molar-refractivity contribution in [2.75, 3.05) is 6.61 Å². The molecule has 6 heteroatoms. The molecule has 0 spiro atoms. The molecular formula is C23H20N2O4. The molecule has 0 radical (unpaired) electrons. The van der Waals surface area contributed by atoms with E-state index in [1.54, 1.807) is 18.2 Å². The molecule has 0 aliphatic rings. The zero-order chi connectivity index (χ0) is 20.5. The number of carboxylic acid groups (broad SMARTS) is 1. The monoisotopic (exact) mass is 388 g/mol. The Bertz CT molecular complexity index is 1240. The van der Waals surface area contributed by atoms with Crippen molar-refractivity contribution in [3.63, 3.8) is 0 Å². The van der Waals surface area contributed by atoms with Crippen LogP contribution in [-0.2, 0) is 11.3 Å². The maximum atomic E-state index is 12.1. The zero-order valence-electron chi connectivity index (χ0n) is 15.9. The standard InChI is InChI=1S/C23H20N2O4/c1-14-10-18-22(19(11-14)29-13-20(26)27)21-16(23(24)28)8-5-9-17(21)25(18)12-15-6-3-2-4-7-15/h2-11H,12-13H2,1H3,(H2,24,28)(H,26,27). The first-order valence-electron chi connectivity index (χ1n) is 9.19. The number of carbonyl (C=O) groups excluding carboxylic acids is 1. The van der Waals surface area contributed by atoms with Crippen molar-refractivity contribution in [1.82, 2.24) is 4.57 Å². The first-order chi connectivity index (χ1) is 14.0. The van der Waals surface area contributed by atoms with Crippen LogP contribution in [0.5, 0.6) is 5.75 Å². The summed E-state index contributed by atoms with van der Waals surface area (Å²) in [5, 5.41) is 10.4. The minimum Gasteiger partial charge on any atom is -0.481 e. The lowest BCUT2D eigenvalue weighted by molar-refractivity contribution is -0.139. The van der Waals surface area contributed by atoms with Gasteiger partial charge in [0, 0.05) is 17.5 Å². The highest BCUT2D eigenvalue weighted by Crippen LogP contribution is 2.39. The number of hydrogen-bond donors (Lipinski definition) is 2. The largest absolute Gasteiger partial charge is 0.481 e. The van der Waals surface area contributed by atoms with Crippen LogP contribution < -0.4 is 10.5 Å². The molecule has 0 bridgehead atoms. The Morgan fingerprint density at radius 3 is 2.45 bits per heavy atom. The molecule has 0 aliphatic carbocycles. The Balaban J connectivity index is 2.07. The Morgan fingerprint density at radius 1 is 1.00 bits per heavy atom. The molecule has 0 fully saturated rings. The van der Waals surface area contributed by atoms with Gasteiger partial charge in [-0.3, -0.25) is 4.79 Å². The summed E-state index contributed by atoms with van der Waals surface area (Å²) in [7, 11) is 0. The summed E-state index contributed by atoms with van der Waals surface area (Å²) in [6.07, 6.45) is 0. The predicted octanol–water partition coefficient (Wildman–Crippen LogP) is 3.71. The fourth-order valence-electron chi connectivity index (χ4n) is 3.75. The summed E-state index contributed by atoms with van der Waals surface area (Å²) in [6.45, 7) is 2.04. The summed E-state index contributed by atoms with van der Waals surface area (Å²) in [5.41, 5.74) is 9.76. The third kappa shape index (κ3) is 3.40. The maximum absolute atomic E-state index is 12.1. The van der Waals surface area contributed by atoms with E-state index in [1.165, 1.54) is 0 Å². The van der Waals surface area contributed by atoms with Crippen molar-refractivity contribution in [1.29, 1.82) is 0 Å². The second kappa shape index (κ2) is 7.31. The van der Waals surface area contributed by atoms with E-state index in [2.05, 4.69) is 4.57 Å². The summed E-state index contributed by atoms with van der Waals surface area (Å²) >= 11 is 0. The first-order valence-corrected chi connectivity index (χ1v) is 9.19. The number of carbonyl (C=O) groups is 2. The first kappa shape index (κ1) is 18.6. The molecule has 0 unspecified atom stereocenters. The Hall–Kier alpha value is -3.80. The van der Waals surface area contributed by atoms with Crippen LogP contribution in [0.2, 0.25) is 0 Å². The highest BCUT2D eigenvalue weighted by Gasteiger charge is 2.20. The zero-order valence-corrected chi connectivity index (χ0v) is 15.9. The molecule has 3 aromatic carbocycles. The third-order valence-electron chi connectivity index (χ3n) is 4.90. The molecule has 6 nitrogen and oxygen atoms in total. The SMILES string of the molecule is Cc1cc(OCC(=O)O)c2c3c(C(N)=O)cccc3n(Cc3ccccc3)c2c1. The van der Waals surface area contributed by atoms with Crippen LogP contribution in [0.25, 0.3) is 21.8 Å². The number of benzene rings is 3. The predicted molar refractivity (Wildman–Crippen MR) is 111 cm³/mol. The summed E-state index contributed by atoms with van der Waals surface area (Å²) in [6, 6.07) is 19.2. The highest BCUT2D eigenvalue weighted by atomic mass is 16.5. The van der Waals surface area contributed by atoms with Gasteiger partial charge in [-0.1, -0.05) is 36.4 Å². The molecule has 4 aromatic rings. The lowest BCUT2D eigenvalue weighted by Crippen LogP contribution is -2.11. The van der Waals surface area contributed by atoms with Gasteiger partial charge in [0.25, 0.3) is 0 Å². The lowest BCUT2D eigenvalue weighted by Gasteiger charge is -2.10. The van der Waals surface area contributed by atoms with Crippen LogP contribution >= 0.6 is 0 Å². The smallest absolute Gasteiger partial charge is 0.341 e. The fraction of sp³-hybridized carbons (Fsp3) is 0.130. The van der Waals surface area contributed by atoms with Gasteiger partial charge in [0.1, 0.15) is 5.75 Å². The minimum absolute atomic E-state index is 0.378. The fourth-order valence-corrected chi connectivity index (χ4v) is 3.75. The number of aryl methyl sites for hydroxylation is 1. The average Bonchev–Trinajstić information content (AvgIpc) is 3.00. The number of aromatic nitrogens is 1. The number of primary amides is 1. The van der Waals surface area contributed by atoms with E-state index in [1.807, 2.05) is 49.4 Å². The second-order valence-corrected chi connectivity index (χ2v) is 6.98. The molecule has 1 aromatic heterocycles. The van der Waals surface area contributed by atoms with Crippen LogP contribution in [-0.4, -0.2) is 28.2 Å². The molecule has 3 N–H and O–H groups in total. The number of carboxylic acids is 1. The third-order valence-corrected chi connectivity index (χ3v) is 4.90. The van der Waals surface area contributed by atoms with Crippen LogP contribution in [0.1, 0.15) is 21.5 Å². The van der Waals surface area contributed by atoms with Crippen LogP contribution in [0.4, 0.5) is 0 Å². The number of hydrogen-bond acceptors (Lipinski definition) is 3. The molecule has 146 valence electrons. The van der Waals surface area contributed by atoms with Gasteiger partial charge in [-0.25, -0.2) is 4.79 Å². The number of aliphatic carboxylic acids is 1. The van der Waals surface area contributed by atoms with Crippen LogP contribution in [0.3, 0.4) is 0 Å². The highest BCUT2D eigenvalue weighted by molar-refractivity contribution is 6.19. The molecule has 1 heterocycles. The molecule has 29 heavy (non-hydrogen) atoms. The van der Waals surface area contributed by atoms with Gasteiger partial charge in [-0.05, 0) is 42.3 Å². The Morgan fingerprint density at radius 2 is 1.76 bits per heavy atom. The normalized spacial score (nSPS) is 11.1. The van der Waals surface area contributed by atoms with Gasteiger partial charge in [0.15, 0.2) is 6.61 Å². The van der Waals surface area contributed by atoms with Crippen molar-refractivity contribution in [3.8, 4) is 5.75 Å². The van der Waals surface area contributed by atoms with E-state index in [9.17, 15) is 9.59 Å². The number of ether oxygens (including phenoxy) is 1. The quantitative estimate of drug-likeness (QED) is 0.526. The molecule has 0 saturated carbocycles. The van der Waals surface area contributed by atoms with E-state index in [4.69, 9.17) is 15.6 Å². The molecule has 0 saturated heterocycles. The van der Waals surface area contributed by atoms with Crippen molar-refractivity contribution < 1.29 is 19.4 Å². The molecular weight excluding hydrogens is 368 g/mol. The topological polar surface area (TPSA) is 94.6 Å². The van der Waals surface area contributed by atoms with Crippen molar-refractivity contribution in [3.05, 3.63) is 77.4 Å². The van der Waals surface area contributed by atoms with Gasteiger partial charge >= 0.3 is 5.97 Å². The Labute approximate surface area is 167 Å². The summed E-state index contributed by atoms with van der Waals surface area (Å²) in [5.74, 6) is -1.19. The second-order valence-electron chi connectivity index (χ2n) is 6.98. The van der Waals surface area contributed by atoms with Gasteiger partial charge < -0.3 is 20.1 Å². The minimum atomic E-state index is -1.07. The van der Waals surface area contributed by atoms with Gasteiger partial charge in [0.05, 0.1) is 16.4 Å². The van der Waals surface area contributed by atoms with Crippen molar-refractivity contribution in [2.45, 2.75) is 13.5 Å². The molecule has 0 aliphatic heterocycles. The van der Waals surface area contributed by atoms with Gasteiger partial charge in [0.2, 0.25) is 5.91 Å². The van der Waals surface area contributed by atoms with Gasteiger partial charge in [-0.15, -0.1) is 0 Å². The van der Waals surface area contributed by atoms with Crippen LogP contribution in [0, 0.1) is 6.92 Å². The van der Waals surface area contributed by atoms with E-state index in [-0.39, 0.29) is 0 Å². The van der Waals surface area contributed by atoms with E-state index in [0.717, 1.165) is 22.2 Å². The number of nitrogens with two attached hydrogens (primary N) is 1. The number of nitrogens with zero attached hydrogens (tertiary/aromatic N) is 1. The van der Waals surface area contributed by atoms with Crippen LogP contribution in [0.15, 0.2) is 60.7 Å².